The van der Waals surface area contributed by atoms with Gasteiger partial charge >= 0.3 is 6.18 Å². The lowest BCUT2D eigenvalue weighted by Crippen LogP contribution is -2.31. The Hall–Kier alpha value is -1.77. The molecule has 0 amide bonds. The first-order valence-corrected chi connectivity index (χ1v) is 5.56. The monoisotopic (exact) mass is 256 g/mol. The number of nitriles is 1. The molecule has 96 valence electrons. The molecule has 0 saturated carbocycles. The van der Waals surface area contributed by atoms with Crippen molar-refractivity contribution in [2.75, 3.05) is 0 Å². The second-order valence-electron chi connectivity index (χ2n) is 4.50. The van der Waals surface area contributed by atoms with E-state index in [1.807, 2.05) is 0 Å². The number of rotatable bonds is 0. The molecule has 1 aliphatic rings. The molecule has 0 aromatic carbocycles. The van der Waals surface area contributed by atoms with Crippen LogP contribution in [-0.4, -0.2) is 11.2 Å². The molecule has 1 N–H and O–H groups in total. The van der Waals surface area contributed by atoms with Crippen molar-refractivity contribution in [1.29, 1.82) is 5.26 Å². The lowest BCUT2D eigenvalue weighted by atomic mass is 9.81. The average Bonchev–Trinajstić information content (AvgIpc) is 2.27. The molecule has 1 atom stereocenters. The third-order valence-electron chi connectivity index (χ3n) is 3.41. The molecule has 3 nitrogen and oxygen atoms in total. The minimum absolute atomic E-state index is 0.0452. The van der Waals surface area contributed by atoms with Crippen LogP contribution in [0.5, 0.6) is 0 Å². The van der Waals surface area contributed by atoms with Crippen LogP contribution in [0.2, 0.25) is 0 Å². The van der Waals surface area contributed by atoms with E-state index in [1.54, 1.807) is 13.0 Å². The highest BCUT2D eigenvalue weighted by atomic mass is 19.4. The van der Waals surface area contributed by atoms with Crippen molar-refractivity contribution in [3.8, 4) is 6.07 Å². The van der Waals surface area contributed by atoms with Gasteiger partial charge in [0.05, 0.1) is 5.92 Å². The number of hydrogen-bond donors (Lipinski definition) is 1. The topological polar surface area (TPSA) is 56.6 Å². The van der Waals surface area contributed by atoms with Gasteiger partial charge in [-0.3, -0.25) is 4.79 Å². The van der Waals surface area contributed by atoms with E-state index in [2.05, 4.69) is 4.98 Å². The molecule has 0 bridgehead atoms. The number of hydrogen-bond acceptors (Lipinski definition) is 2. The van der Waals surface area contributed by atoms with Crippen LogP contribution < -0.4 is 5.56 Å². The van der Waals surface area contributed by atoms with Crippen LogP contribution >= 0.6 is 0 Å². The molecule has 18 heavy (non-hydrogen) atoms. The standard InChI is InChI=1S/C12H11F3N2O/c1-6-9-4-7(12(13,14)15)2-3-8(9)10(5-16)11(18)17-6/h7H,2-4H2,1H3,(H,17,18). The number of fused-ring (bicyclic) bond motifs is 1. The first-order valence-electron chi connectivity index (χ1n) is 5.56. The third kappa shape index (κ3) is 2.01. The van der Waals surface area contributed by atoms with Crippen molar-refractivity contribution in [3.05, 3.63) is 32.7 Å². The fourth-order valence-corrected chi connectivity index (χ4v) is 2.44. The summed E-state index contributed by atoms with van der Waals surface area (Å²) in [4.78, 5) is 14.0. The molecule has 0 saturated heterocycles. The van der Waals surface area contributed by atoms with E-state index in [0.717, 1.165) is 0 Å². The van der Waals surface area contributed by atoms with Gasteiger partial charge in [0.1, 0.15) is 11.6 Å². The minimum Gasteiger partial charge on any atom is -0.325 e. The fourth-order valence-electron chi connectivity index (χ4n) is 2.44. The first-order chi connectivity index (χ1) is 8.34. The molecule has 1 aromatic heterocycles. The number of halogens is 3. The normalized spacial score (nSPS) is 19.2. The summed E-state index contributed by atoms with van der Waals surface area (Å²) in [5.74, 6) is -1.39. The summed E-state index contributed by atoms with van der Waals surface area (Å²) in [6, 6.07) is 1.78. The third-order valence-corrected chi connectivity index (χ3v) is 3.41. The van der Waals surface area contributed by atoms with Crippen LogP contribution in [0, 0.1) is 24.2 Å². The maximum Gasteiger partial charge on any atom is 0.392 e. The van der Waals surface area contributed by atoms with Gasteiger partial charge in [-0.1, -0.05) is 0 Å². The van der Waals surface area contributed by atoms with Gasteiger partial charge in [-0.15, -0.1) is 0 Å². The molecule has 0 aliphatic heterocycles. The second kappa shape index (κ2) is 4.16. The number of aromatic nitrogens is 1. The summed E-state index contributed by atoms with van der Waals surface area (Å²) < 4.78 is 38.1. The predicted molar refractivity (Wildman–Crippen MR) is 58.1 cm³/mol. The minimum atomic E-state index is -4.23. The van der Waals surface area contributed by atoms with Gasteiger partial charge in [-0.25, -0.2) is 0 Å². The zero-order valence-corrected chi connectivity index (χ0v) is 9.69. The van der Waals surface area contributed by atoms with Crippen LogP contribution in [0.4, 0.5) is 13.2 Å². The second-order valence-corrected chi connectivity index (χ2v) is 4.50. The van der Waals surface area contributed by atoms with E-state index in [4.69, 9.17) is 5.26 Å². The Morgan fingerprint density at radius 3 is 2.61 bits per heavy atom. The smallest absolute Gasteiger partial charge is 0.325 e. The van der Waals surface area contributed by atoms with Crippen LogP contribution in [0.3, 0.4) is 0 Å². The molecular formula is C12H11F3N2O. The molecule has 0 fully saturated rings. The van der Waals surface area contributed by atoms with Gasteiger partial charge < -0.3 is 4.98 Å². The zero-order chi connectivity index (χ0) is 13.5. The van der Waals surface area contributed by atoms with E-state index in [9.17, 15) is 18.0 Å². The molecule has 6 heteroatoms. The van der Waals surface area contributed by atoms with Gasteiger partial charge in [-0.2, -0.15) is 18.4 Å². The summed E-state index contributed by atoms with van der Waals surface area (Å²) >= 11 is 0. The van der Waals surface area contributed by atoms with Crippen molar-refractivity contribution in [3.63, 3.8) is 0 Å². The number of nitrogens with zero attached hydrogens (tertiary/aromatic N) is 1. The Kier molecular flexibility index (Phi) is 2.93. The number of aromatic amines is 1. The largest absolute Gasteiger partial charge is 0.392 e. The maximum atomic E-state index is 12.7. The summed E-state index contributed by atoms with van der Waals surface area (Å²) in [6.07, 6.45) is -4.32. The fraction of sp³-hybridized carbons (Fsp3) is 0.500. The highest BCUT2D eigenvalue weighted by molar-refractivity contribution is 5.44. The Labute approximate surface area is 101 Å². The molecule has 1 heterocycles. The van der Waals surface area contributed by atoms with E-state index in [0.29, 0.717) is 16.8 Å². The molecular weight excluding hydrogens is 245 g/mol. The maximum absolute atomic E-state index is 12.7. The first kappa shape index (κ1) is 12.7. The van der Waals surface area contributed by atoms with Gasteiger partial charge in [0.2, 0.25) is 0 Å². The Morgan fingerprint density at radius 2 is 2.06 bits per heavy atom. The molecule has 1 unspecified atom stereocenters. The van der Waals surface area contributed by atoms with Crippen molar-refractivity contribution in [2.24, 2.45) is 5.92 Å². The van der Waals surface area contributed by atoms with E-state index < -0.39 is 17.7 Å². The van der Waals surface area contributed by atoms with Crippen molar-refractivity contribution in [1.82, 2.24) is 4.98 Å². The molecule has 2 rings (SSSR count). The summed E-state index contributed by atoms with van der Waals surface area (Å²) in [5.41, 5.74) is 0.831. The Bertz CT molecular complexity index is 581. The van der Waals surface area contributed by atoms with Gasteiger partial charge in [0.15, 0.2) is 0 Å². The number of pyridine rings is 1. The number of alkyl halides is 3. The van der Waals surface area contributed by atoms with E-state index >= 15 is 0 Å². The molecule has 1 aliphatic carbocycles. The summed E-state index contributed by atoms with van der Waals surface area (Å²) in [7, 11) is 0. The zero-order valence-electron chi connectivity index (χ0n) is 9.69. The number of H-pyrrole nitrogens is 1. The lowest BCUT2D eigenvalue weighted by molar-refractivity contribution is -0.177. The molecule has 1 aromatic rings. The van der Waals surface area contributed by atoms with Crippen molar-refractivity contribution >= 4 is 0 Å². The highest BCUT2D eigenvalue weighted by Gasteiger charge is 2.42. The number of aryl methyl sites for hydroxylation is 1. The lowest BCUT2D eigenvalue weighted by Gasteiger charge is -2.27. The highest BCUT2D eigenvalue weighted by Crippen LogP contribution is 2.37. The SMILES string of the molecule is Cc1[nH]c(=O)c(C#N)c2c1CC(C(F)(F)F)CC2. The van der Waals surface area contributed by atoms with Gasteiger partial charge in [-0.05, 0) is 37.3 Å². The van der Waals surface area contributed by atoms with Crippen molar-refractivity contribution < 1.29 is 13.2 Å². The van der Waals surface area contributed by atoms with Crippen LogP contribution in [0.15, 0.2) is 4.79 Å². The predicted octanol–water partition coefficient (Wildman–Crippen LogP) is 2.22. The molecule has 0 radical (unpaired) electrons. The quantitative estimate of drug-likeness (QED) is 0.773. The van der Waals surface area contributed by atoms with Gasteiger partial charge in [0.25, 0.3) is 5.56 Å². The van der Waals surface area contributed by atoms with Crippen molar-refractivity contribution in [2.45, 2.75) is 32.4 Å². The Morgan fingerprint density at radius 1 is 1.39 bits per heavy atom. The van der Waals surface area contributed by atoms with E-state index in [-0.39, 0.29) is 24.8 Å². The van der Waals surface area contributed by atoms with Crippen LogP contribution in [0.25, 0.3) is 0 Å². The molecule has 0 spiro atoms. The number of nitrogens with one attached hydrogen (secondary N) is 1. The van der Waals surface area contributed by atoms with Gasteiger partial charge in [0, 0.05) is 5.69 Å². The Balaban J connectivity index is 2.52. The average molecular weight is 256 g/mol. The summed E-state index contributed by atoms with van der Waals surface area (Å²) in [5, 5.41) is 8.90. The van der Waals surface area contributed by atoms with E-state index in [1.165, 1.54) is 0 Å². The van der Waals surface area contributed by atoms with Crippen LogP contribution in [-0.2, 0) is 12.8 Å². The summed E-state index contributed by atoms with van der Waals surface area (Å²) in [6.45, 7) is 1.57. The van der Waals surface area contributed by atoms with Crippen LogP contribution in [0.1, 0.15) is 28.8 Å².